The fraction of sp³-hybridized carbons (Fsp3) is 0.513. The molecule has 4 N–H and O–H groups in total. The fourth-order valence-corrected chi connectivity index (χ4v) is 6.63. The zero-order chi connectivity index (χ0) is 37.2. The van der Waals surface area contributed by atoms with Gasteiger partial charge in [0.15, 0.2) is 0 Å². The topological polar surface area (TPSA) is 163 Å². The number of amides is 1. The van der Waals surface area contributed by atoms with Gasteiger partial charge in [-0.1, -0.05) is 23.8 Å². The maximum atomic E-state index is 13.8. The Labute approximate surface area is 305 Å². The first-order chi connectivity index (χ1) is 24.7. The van der Waals surface area contributed by atoms with Gasteiger partial charge in [-0.25, -0.2) is 18.8 Å². The number of nitrogen functional groups attached to an aromatic ring is 1. The van der Waals surface area contributed by atoms with Gasteiger partial charge in [0, 0.05) is 52.9 Å². The molecule has 278 valence electrons. The van der Waals surface area contributed by atoms with Crippen LogP contribution in [0.2, 0.25) is 0 Å². The lowest BCUT2D eigenvalue weighted by molar-refractivity contribution is 0.0163. The van der Waals surface area contributed by atoms with Crippen molar-refractivity contribution in [1.82, 2.24) is 24.5 Å². The predicted molar refractivity (Wildman–Crippen MR) is 202 cm³/mol. The molecule has 13 nitrogen and oxygen atoms in total. The number of nitrogens with two attached hydrogens (primary N) is 1. The summed E-state index contributed by atoms with van der Waals surface area (Å²) in [6, 6.07) is 11.5. The van der Waals surface area contributed by atoms with Gasteiger partial charge >= 0.3 is 12.2 Å². The number of ether oxygens (including phenoxy) is 3. The molecule has 2 aromatic heterocycles. The van der Waals surface area contributed by atoms with E-state index in [9.17, 15) is 9.59 Å². The van der Waals surface area contributed by atoms with E-state index < -0.39 is 23.4 Å². The summed E-state index contributed by atoms with van der Waals surface area (Å²) in [5.41, 5.74) is 10.3. The molecule has 1 amide bonds. The average molecular weight is 713 g/mol. The van der Waals surface area contributed by atoms with Gasteiger partial charge in [-0.15, -0.1) is 5.10 Å². The highest BCUT2D eigenvalue weighted by Crippen LogP contribution is 2.33. The Balaban J connectivity index is 1.30. The van der Waals surface area contributed by atoms with Crippen LogP contribution in [-0.2, 0) is 27.3 Å². The monoisotopic (exact) mass is 712 g/mol. The van der Waals surface area contributed by atoms with Crippen molar-refractivity contribution in [3.05, 3.63) is 59.4 Å². The Kier molecular flexibility index (Phi) is 10.6. The number of hydrogen-bond acceptors (Lipinski definition) is 10. The molecule has 1 saturated carbocycles. The summed E-state index contributed by atoms with van der Waals surface area (Å²) in [6.45, 7) is 12.9. The quantitative estimate of drug-likeness (QED) is 0.110. The van der Waals surface area contributed by atoms with Crippen molar-refractivity contribution in [2.75, 3.05) is 24.2 Å². The van der Waals surface area contributed by atoms with Crippen molar-refractivity contribution in [2.24, 2.45) is 5.92 Å². The maximum absolute atomic E-state index is 13.8. The summed E-state index contributed by atoms with van der Waals surface area (Å²) in [5, 5.41) is 21.3. The van der Waals surface area contributed by atoms with E-state index in [1.54, 1.807) is 20.2 Å². The van der Waals surface area contributed by atoms with E-state index in [1.807, 2.05) is 78.1 Å². The minimum absolute atomic E-state index is 0.143. The number of aromatic nitrogens is 4. The van der Waals surface area contributed by atoms with Crippen molar-refractivity contribution >= 4 is 40.7 Å². The van der Waals surface area contributed by atoms with Gasteiger partial charge in [-0.3, -0.25) is 0 Å². The van der Waals surface area contributed by atoms with E-state index in [0.29, 0.717) is 65.0 Å². The molecule has 52 heavy (non-hydrogen) atoms. The van der Waals surface area contributed by atoms with Gasteiger partial charge in [0.2, 0.25) is 0 Å². The summed E-state index contributed by atoms with van der Waals surface area (Å²) in [6.07, 6.45) is 8.32. The number of benzene rings is 2. The summed E-state index contributed by atoms with van der Waals surface area (Å²) < 4.78 is 20.8. The third-order valence-corrected chi connectivity index (χ3v) is 9.23. The van der Waals surface area contributed by atoms with Crippen molar-refractivity contribution in [3.8, 4) is 11.3 Å². The van der Waals surface area contributed by atoms with Gasteiger partial charge in [0.05, 0.1) is 24.8 Å². The number of nitrogens with zero attached hydrogens (tertiary/aromatic N) is 5. The van der Waals surface area contributed by atoms with Crippen LogP contribution in [0.5, 0.6) is 0 Å². The molecular formula is C39H52N8O5. The van der Waals surface area contributed by atoms with E-state index in [2.05, 4.69) is 15.6 Å². The molecule has 3 heterocycles. The number of fused-ring (bicyclic) bond motifs is 1. The molecule has 0 radical (unpaired) electrons. The molecule has 6 rings (SSSR count). The average Bonchev–Trinajstić information content (AvgIpc) is 3.65. The van der Waals surface area contributed by atoms with Crippen molar-refractivity contribution in [3.63, 3.8) is 0 Å². The minimum Gasteiger partial charge on any atom is -0.444 e. The molecule has 0 bridgehead atoms. The molecule has 1 aliphatic carbocycles. The SMILES string of the molecule is CC(C)(C)OC(=O)N(Cc1cc2ccc(Cn3cc(-c4cc(N)cc(NC5CCCCO5)c4C=N)nn3)cc2n1C(=O)OC(C)(C)C)CC1CCC1. The number of hydrogen-bond donors (Lipinski definition) is 3. The van der Waals surface area contributed by atoms with Crippen LogP contribution < -0.4 is 11.1 Å². The van der Waals surface area contributed by atoms with Crippen molar-refractivity contribution < 1.29 is 23.8 Å². The highest BCUT2D eigenvalue weighted by atomic mass is 16.6. The molecule has 1 atom stereocenters. The number of nitrogens with one attached hydrogen (secondary N) is 2. The van der Waals surface area contributed by atoms with Gasteiger partial charge in [-0.2, -0.15) is 0 Å². The van der Waals surface area contributed by atoms with Crippen LogP contribution in [0.1, 0.15) is 96.9 Å². The highest BCUT2D eigenvalue weighted by molar-refractivity contribution is 5.96. The zero-order valence-corrected chi connectivity index (χ0v) is 31.2. The van der Waals surface area contributed by atoms with Crippen LogP contribution in [0.4, 0.5) is 21.0 Å². The van der Waals surface area contributed by atoms with Crippen LogP contribution in [0, 0.1) is 11.3 Å². The van der Waals surface area contributed by atoms with E-state index >= 15 is 0 Å². The molecule has 4 aromatic rings. The number of rotatable bonds is 10. The first kappa shape index (κ1) is 36.9. The molecule has 13 heteroatoms. The lowest BCUT2D eigenvalue weighted by atomic mass is 9.85. The first-order valence-electron chi connectivity index (χ1n) is 18.2. The number of anilines is 2. The molecule has 2 aromatic carbocycles. The Morgan fingerprint density at radius 1 is 1.04 bits per heavy atom. The molecule has 0 spiro atoms. The van der Waals surface area contributed by atoms with Crippen LogP contribution >= 0.6 is 0 Å². The van der Waals surface area contributed by atoms with E-state index in [1.165, 1.54) is 6.21 Å². The van der Waals surface area contributed by atoms with Crippen LogP contribution in [0.3, 0.4) is 0 Å². The summed E-state index contributed by atoms with van der Waals surface area (Å²) in [4.78, 5) is 29.0. The predicted octanol–water partition coefficient (Wildman–Crippen LogP) is 7.79. The van der Waals surface area contributed by atoms with Crippen LogP contribution in [0.25, 0.3) is 22.2 Å². The Morgan fingerprint density at radius 3 is 2.46 bits per heavy atom. The summed E-state index contributed by atoms with van der Waals surface area (Å²) in [7, 11) is 0. The lowest BCUT2D eigenvalue weighted by Crippen LogP contribution is -2.41. The summed E-state index contributed by atoms with van der Waals surface area (Å²) >= 11 is 0. The molecule has 2 fully saturated rings. The Morgan fingerprint density at radius 2 is 1.81 bits per heavy atom. The van der Waals surface area contributed by atoms with E-state index in [4.69, 9.17) is 25.4 Å². The highest BCUT2D eigenvalue weighted by Gasteiger charge is 2.30. The third-order valence-electron chi connectivity index (χ3n) is 9.23. The van der Waals surface area contributed by atoms with Gasteiger partial charge < -0.3 is 35.6 Å². The second-order valence-corrected chi connectivity index (χ2v) is 16.0. The van der Waals surface area contributed by atoms with Crippen LogP contribution in [-0.4, -0.2) is 73.4 Å². The smallest absolute Gasteiger partial charge is 0.419 e. The second-order valence-electron chi connectivity index (χ2n) is 16.0. The largest absolute Gasteiger partial charge is 0.444 e. The van der Waals surface area contributed by atoms with E-state index in [0.717, 1.165) is 49.5 Å². The maximum Gasteiger partial charge on any atom is 0.419 e. The van der Waals surface area contributed by atoms with Crippen molar-refractivity contribution in [2.45, 2.75) is 111 Å². The standard InChI is InChI=1S/C39H52N8O5/c1-38(2,3)51-36(48)45(21-25-10-9-11-25)23-29-17-27-14-13-26(16-34(27)47(29)37(49)52-39(4,5)6)22-46-24-33(43-44-46)30-18-28(41)19-32(31(30)20-40)42-35-12-7-8-15-50-35/h13-14,16-20,24-25,35,40,42H,7-12,15,21-23,41H2,1-6H3. The molecule has 2 aliphatic rings. The minimum atomic E-state index is -0.731. The fourth-order valence-electron chi connectivity index (χ4n) is 6.63. The molecule has 1 aliphatic heterocycles. The van der Waals surface area contributed by atoms with Crippen molar-refractivity contribution in [1.29, 1.82) is 5.41 Å². The third kappa shape index (κ3) is 8.93. The molecule has 1 unspecified atom stereocenters. The van der Waals surface area contributed by atoms with Gasteiger partial charge in [0.25, 0.3) is 0 Å². The second kappa shape index (κ2) is 15.0. The first-order valence-corrected chi connectivity index (χ1v) is 18.2. The molecule has 1 saturated heterocycles. The Hall–Kier alpha value is -4.91. The zero-order valence-electron chi connectivity index (χ0n) is 31.2. The molecular weight excluding hydrogens is 660 g/mol. The van der Waals surface area contributed by atoms with Crippen LogP contribution in [0.15, 0.2) is 42.6 Å². The van der Waals surface area contributed by atoms with E-state index in [-0.39, 0.29) is 12.8 Å². The Bertz CT molecular complexity index is 1920. The normalized spacial score (nSPS) is 16.7. The lowest BCUT2D eigenvalue weighted by Gasteiger charge is -2.33. The number of carbonyl (C=O) groups is 2. The number of carbonyl (C=O) groups excluding carboxylic acids is 2. The summed E-state index contributed by atoms with van der Waals surface area (Å²) in [5.74, 6) is 0.405. The van der Waals surface area contributed by atoms with Gasteiger partial charge in [-0.05, 0) is 109 Å². The van der Waals surface area contributed by atoms with Gasteiger partial charge in [0.1, 0.15) is 23.1 Å².